The Morgan fingerprint density at radius 2 is 2.00 bits per heavy atom. The van der Waals surface area contributed by atoms with Gasteiger partial charge in [-0.3, -0.25) is 14.7 Å². The molecule has 0 aliphatic carbocycles. The van der Waals surface area contributed by atoms with Gasteiger partial charge in [0, 0.05) is 12.1 Å². The number of amidine groups is 1. The van der Waals surface area contributed by atoms with E-state index in [1.165, 1.54) is 0 Å². The first-order chi connectivity index (χ1) is 10.1. The van der Waals surface area contributed by atoms with Gasteiger partial charge in [0.2, 0.25) is 0 Å². The Morgan fingerprint density at radius 3 is 2.81 bits per heavy atom. The number of aromatic hydroxyl groups is 1. The van der Waals surface area contributed by atoms with Crippen LogP contribution in [0.2, 0.25) is 0 Å². The predicted octanol–water partition coefficient (Wildman–Crippen LogP) is 2.79. The highest BCUT2D eigenvalue weighted by atomic mass is 16.3. The molecule has 1 unspecified atom stereocenters. The van der Waals surface area contributed by atoms with Crippen LogP contribution in [0.15, 0.2) is 35.3 Å². The highest BCUT2D eigenvalue weighted by Gasteiger charge is 2.39. The van der Waals surface area contributed by atoms with E-state index in [1.54, 1.807) is 17.0 Å². The van der Waals surface area contributed by atoms with Crippen molar-refractivity contribution in [1.29, 1.82) is 0 Å². The van der Waals surface area contributed by atoms with E-state index in [4.69, 9.17) is 4.99 Å². The molecule has 4 heteroatoms. The third-order valence-corrected chi connectivity index (χ3v) is 4.58. The zero-order valence-electron chi connectivity index (χ0n) is 12.0. The Morgan fingerprint density at radius 1 is 1.24 bits per heavy atom. The standard InChI is InChI=1S/C17H16N2O2/c1-9-8-19-16(18-10(9)2)15-13(17(19)21)6-4-11-3-5-12(20)7-14(11)15/h3-7,9-10,20H,8H2,1-2H3/t9-,10?/m1/s1. The van der Waals surface area contributed by atoms with Crippen LogP contribution in [0.5, 0.6) is 5.75 Å². The summed E-state index contributed by atoms with van der Waals surface area (Å²) < 4.78 is 0. The Hall–Kier alpha value is -2.36. The van der Waals surface area contributed by atoms with Gasteiger partial charge >= 0.3 is 0 Å². The molecule has 2 aliphatic heterocycles. The molecule has 1 amide bonds. The summed E-state index contributed by atoms with van der Waals surface area (Å²) in [5.74, 6) is 1.34. The van der Waals surface area contributed by atoms with Crippen molar-refractivity contribution in [3.05, 3.63) is 41.5 Å². The van der Waals surface area contributed by atoms with Crippen molar-refractivity contribution in [3.8, 4) is 5.75 Å². The molecule has 2 aromatic carbocycles. The van der Waals surface area contributed by atoms with Crippen LogP contribution in [0.25, 0.3) is 10.8 Å². The number of benzene rings is 2. The Balaban J connectivity index is 2.05. The van der Waals surface area contributed by atoms with Gasteiger partial charge in [-0.1, -0.05) is 19.1 Å². The molecule has 0 aromatic heterocycles. The maximum Gasteiger partial charge on any atom is 0.260 e. The average Bonchev–Trinajstić information content (AvgIpc) is 2.73. The van der Waals surface area contributed by atoms with Crippen molar-refractivity contribution < 1.29 is 9.90 Å². The molecular weight excluding hydrogens is 264 g/mol. The van der Waals surface area contributed by atoms with E-state index in [0.717, 1.165) is 22.2 Å². The van der Waals surface area contributed by atoms with Crippen molar-refractivity contribution in [2.45, 2.75) is 19.9 Å². The first-order valence-corrected chi connectivity index (χ1v) is 7.22. The summed E-state index contributed by atoms with van der Waals surface area (Å²) in [6, 6.07) is 9.24. The lowest BCUT2D eigenvalue weighted by molar-refractivity contribution is 0.0834. The van der Waals surface area contributed by atoms with Gasteiger partial charge in [-0.2, -0.15) is 0 Å². The number of phenolic OH excluding ortho intramolecular Hbond substituents is 1. The largest absolute Gasteiger partial charge is 0.508 e. The van der Waals surface area contributed by atoms with Crippen LogP contribution in [0, 0.1) is 5.92 Å². The zero-order chi connectivity index (χ0) is 14.7. The van der Waals surface area contributed by atoms with E-state index in [1.807, 2.05) is 18.2 Å². The molecular formula is C17H16N2O2. The second-order valence-corrected chi connectivity index (χ2v) is 5.98. The summed E-state index contributed by atoms with van der Waals surface area (Å²) >= 11 is 0. The molecule has 0 saturated carbocycles. The summed E-state index contributed by atoms with van der Waals surface area (Å²) in [6.07, 6.45) is 0. The van der Waals surface area contributed by atoms with Crippen molar-refractivity contribution in [3.63, 3.8) is 0 Å². The molecule has 0 radical (unpaired) electrons. The van der Waals surface area contributed by atoms with Crippen LogP contribution >= 0.6 is 0 Å². The lowest BCUT2D eigenvalue weighted by Crippen LogP contribution is -2.41. The topological polar surface area (TPSA) is 52.9 Å². The fourth-order valence-corrected chi connectivity index (χ4v) is 3.17. The predicted molar refractivity (Wildman–Crippen MR) is 81.8 cm³/mol. The molecule has 2 aliphatic rings. The SMILES string of the molecule is CC1N=C2c3c(ccc4ccc(O)cc34)C(=O)N2C[C@H]1C. The molecule has 106 valence electrons. The summed E-state index contributed by atoms with van der Waals surface area (Å²) in [5, 5.41) is 11.7. The number of aliphatic imine (C=N–C) groups is 1. The first kappa shape index (κ1) is 12.4. The van der Waals surface area contributed by atoms with Crippen LogP contribution in [0.3, 0.4) is 0 Å². The maximum absolute atomic E-state index is 12.6. The summed E-state index contributed by atoms with van der Waals surface area (Å²) in [6.45, 7) is 4.90. The Kier molecular flexibility index (Phi) is 2.40. The van der Waals surface area contributed by atoms with Crippen LogP contribution in [-0.4, -0.2) is 34.3 Å². The fourth-order valence-electron chi connectivity index (χ4n) is 3.17. The molecule has 4 rings (SSSR count). The first-order valence-electron chi connectivity index (χ1n) is 7.22. The second-order valence-electron chi connectivity index (χ2n) is 5.98. The Labute approximate surface area is 122 Å². The van der Waals surface area contributed by atoms with E-state index in [-0.39, 0.29) is 17.7 Å². The normalized spacial score (nSPS) is 24.0. The molecule has 0 fully saturated rings. The van der Waals surface area contributed by atoms with Crippen molar-refractivity contribution in [2.24, 2.45) is 10.9 Å². The minimum atomic E-state index is 0.0211. The lowest BCUT2D eigenvalue weighted by atomic mass is 9.98. The van der Waals surface area contributed by atoms with Gasteiger partial charge in [-0.05, 0) is 41.8 Å². The zero-order valence-corrected chi connectivity index (χ0v) is 12.0. The van der Waals surface area contributed by atoms with Crippen LogP contribution in [-0.2, 0) is 0 Å². The number of nitrogens with zero attached hydrogens (tertiary/aromatic N) is 2. The third kappa shape index (κ3) is 1.62. The van der Waals surface area contributed by atoms with Gasteiger partial charge in [-0.25, -0.2) is 0 Å². The van der Waals surface area contributed by atoms with Gasteiger partial charge in [0.15, 0.2) is 0 Å². The molecule has 0 spiro atoms. The number of phenols is 1. The molecule has 2 aromatic rings. The minimum Gasteiger partial charge on any atom is -0.508 e. The van der Waals surface area contributed by atoms with Crippen molar-refractivity contribution in [2.75, 3.05) is 6.54 Å². The summed E-state index contributed by atoms with van der Waals surface area (Å²) in [4.78, 5) is 19.1. The Bertz CT molecular complexity index is 810. The van der Waals surface area contributed by atoms with Gasteiger partial charge in [0.25, 0.3) is 5.91 Å². The maximum atomic E-state index is 12.6. The highest BCUT2D eigenvalue weighted by Crippen LogP contribution is 2.35. The van der Waals surface area contributed by atoms with Crippen LogP contribution in [0.1, 0.15) is 29.8 Å². The molecule has 21 heavy (non-hydrogen) atoms. The quantitative estimate of drug-likeness (QED) is 0.806. The fraction of sp³-hybridized carbons (Fsp3) is 0.294. The van der Waals surface area contributed by atoms with Gasteiger partial charge in [0.05, 0.1) is 11.6 Å². The van der Waals surface area contributed by atoms with Crippen LogP contribution < -0.4 is 0 Å². The molecule has 2 heterocycles. The molecule has 0 bridgehead atoms. The molecule has 4 nitrogen and oxygen atoms in total. The van der Waals surface area contributed by atoms with E-state index in [9.17, 15) is 9.90 Å². The molecule has 0 saturated heterocycles. The monoisotopic (exact) mass is 280 g/mol. The van der Waals surface area contributed by atoms with Crippen LogP contribution in [0.4, 0.5) is 0 Å². The van der Waals surface area contributed by atoms with Crippen molar-refractivity contribution >= 4 is 22.5 Å². The highest BCUT2D eigenvalue weighted by molar-refractivity contribution is 6.28. The van der Waals surface area contributed by atoms with Gasteiger partial charge in [-0.15, -0.1) is 0 Å². The lowest BCUT2D eigenvalue weighted by Gasteiger charge is -2.30. The van der Waals surface area contributed by atoms with E-state index in [2.05, 4.69) is 13.8 Å². The summed E-state index contributed by atoms with van der Waals surface area (Å²) in [5.41, 5.74) is 1.56. The van der Waals surface area contributed by atoms with E-state index >= 15 is 0 Å². The molecule has 1 N–H and O–H groups in total. The molecule has 2 atom stereocenters. The minimum absolute atomic E-state index is 0.0211. The number of hydrogen-bond acceptors (Lipinski definition) is 3. The van der Waals surface area contributed by atoms with Crippen molar-refractivity contribution in [1.82, 2.24) is 4.90 Å². The second kappa shape index (κ2) is 4.07. The average molecular weight is 280 g/mol. The summed E-state index contributed by atoms with van der Waals surface area (Å²) in [7, 11) is 0. The number of carbonyl (C=O) groups is 1. The smallest absolute Gasteiger partial charge is 0.260 e. The van der Waals surface area contributed by atoms with Gasteiger partial charge in [0.1, 0.15) is 11.6 Å². The third-order valence-electron chi connectivity index (χ3n) is 4.58. The number of amides is 1. The number of carbonyl (C=O) groups excluding carboxylic acids is 1. The van der Waals surface area contributed by atoms with E-state index in [0.29, 0.717) is 18.0 Å². The number of fused-ring (bicyclic) bond motifs is 5. The van der Waals surface area contributed by atoms with E-state index < -0.39 is 0 Å². The number of hydrogen-bond donors (Lipinski definition) is 1. The number of rotatable bonds is 0. The van der Waals surface area contributed by atoms with Gasteiger partial charge < -0.3 is 5.11 Å².